The average molecular weight is 409 g/mol. The number of hydrogen-bond donors (Lipinski definition) is 1. The Kier molecular flexibility index (Phi) is 5.39. The van der Waals surface area contributed by atoms with Gasteiger partial charge in [0.25, 0.3) is 0 Å². The fourth-order valence-electron chi connectivity index (χ4n) is 2.69. The number of amides is 1. The fourth-order valence-corrected chi connectivity index (χ4v) is 3.45. The van der Waals surface area contributed by atoms with Crippen molar-refractivity contribution in [2.75, 3.05) is 11.1 Å². The fraction of sp³-hybridized carbons (Fsp3) is 0.100. The van der Waals surface area contributed by atoms with Crippen LogP contribution < -0.4 is 5.32 Å². The lowest BCUT2D eigenvalue weighted by Gasteiger charge is -2.10. The Morgan fingerprint density at radius 1 is 1.14 bits per heavy atom. The van der Waals surface area contributed by atoms with Gasteiger partial charge in [0.05, 0.1) is 5.75 Å². The van der Waals surface area contributed by atoms with Gasteiger partial charge in [0.15, 0.2) is 16.8 Å². The molecule has 4 aromatic rings. The minimum atomic E-state index is -0.325. The molecule has 0 bridgehead atoms. The van der Waals surface area contributed by atoms with Gasteiger partial charge in [-0.15, -0.1) is 10.2 Å². The highest BCUT2D eigenvalue weighted by atomic mass is 32.2. The third-order valence-corrected chi connectivity index (χ3v) is 4.91. The molecule has 4 rings (SSSR count). The maximum atomic E-state index is 13.3. The molecule has 7 nitrogen and oxygen atoms in total. The smallest absolute Gasteiger partial charge is 0.236 e. The Morgan fingerprint density at radius 3 is 2.59 bits per heavy atom. The van der Waals surface area contributed by atoms with Gasteiger partial charge in [-0.1, -0.05) is 35.1 Å². The number of thioether (sulfide) groups is 1. The highest BCUT2D eigenvalue weighted by Gasteiger charge is 2.17. The molecule has 0 atom stereocenters. The van der Waals surface area contributed by atoms with Crippen LogP contribution in [0.2, 0.25) is 0 Å². The van der Waals surface area contributed by atoms with Crippen LogP contribution in [0.4, 0.5) is 10.2 Å². The van der Waals surface area contributed by atoms with E-state index in [1.165, 1.54) is 23.9 Å². The molecule has 1 amide bonds. The van der Waals surface area contributed by atoms with Crippen molar-refractivity contribution >= 4 is 23.5 Å². The van der Waals surface area contributed by atoms with Crippen molar-refractivity contribution in [3.05, 3.63) is 72.2 Å². The van der Waals surface area contributed by atoms with Crippen molar-refractivity contribution in [2.45, 2.75) is 12.1 Å². The maximum Gasteiger partial charge on any atom is 0.236 e. The molecule has 146 valence electrons. The molecule has 0 fully saturated rings. The molecule has 0 unspecified atom stereocenters. The Balaban J connectivity index is 1.59. The normalized spacial score (nSPS) is 10.8. The van der Waals surface area contributed by atoms with Crippen molar-refractivity contribution in [1.82, 2.24) is 19.9 Å². The maximum absolute atomic E-state index is 13.3. The summed E-state index contributed by atoms with van der Waals surface area (Å²) in [5.41, 5.74) is 1.56. The van der Waals surface area contributed by atoms with Gasteiger partial charge >= 0.3 is 0 Å². The number of benzene rings is 2. The van der Waals surface area contributed by atoms with Crippen molar-refractivity contribution in [1.29, 1.82) is 0 Å². The van der Waals surface area contributed by atoms with Crippen LogP contribution >= 0.6 is 11.8 Å². The predicted octanol–water partition coefficient (Wildman–Crippen LogP) is 4.10. The van der Waals surface area contributed by atoms with E-state index >= 15 is 0 Å². The SMILES string of the molecule is Cc1cc(NC(=O)CSc2nnc(-c3ccc(F)cc3)n2-c2ccccc2)no1. The molecule has 0 aliphatic heterocycles. The zero-order chi connectivity index (χ0) is 20.2. The number of nitrogens with zero attached hydrogens (tertiary/aromatic N) is 4. The van der Waals surface area contributed by atoms with Gasteiger partial charge in [0.1, 0.15) is 11.6 Å². The monoisotopic (exact) mass is 409 g/mol. The van der Waals surface area contributed by atoms with Crippen LogP contribution in [0.15, 0.2) is 70.3 Å². The van der Waals surface area contributed by atoms with E-state index in [0.717, 1.165) is 11.3 Å². The molecule has 0 saturated carbocycles. The highest BCUT2D eigenvalue weighted by Crippen LogP contribution is 2.28. The molecule has 0 saturated heterocycles. The molecule has 0 aliphatic rings. The van der Waals surface area contributed by atoms with E-state index in [0.29, 0.717) is 22.6 Å². The Labute approximate surface area is 169 Å². The number of anilines is 1. The van der Waals surface area contributed by atoms with Crippen LogP contribution in [0.1, 0.15) is 5.76 Å². The molecule has 2 aromatic heterocycles. The predicted molar refractivity (Wildman–Crippen MR) is 107 cm³/mol. The molecule has 2 heterocycles. The number of carbonyl (C=O) groups is 1. The Morgan fingerprint density at radius 2 is 1.90 bits per heavy atom. The standard InChI is InChI=1S/C20H16FN5O2S/c1-13-11-17(25-28-13)22-18(27)12-29-20-24-23-19(14-7-9-15(21)10-8-14)26(20)16-5-3-2-4-6-16/h2-11H,12H2,1H3,(H,22,25,27). The Hall–Kier alpha value is -3.46. The second-order valence-electron chi connectivity index (χ2n) is 6.14. The van der Waals surface area contributed by atoms with Crippen LogP contribution in [0, 0.1) is 12.7 Å². The first-order valence-corrected chi connectivity index (χ1v) is 9.71. The summed E-state index contributed by atoms with van der Waals surface area (Å²) < 4.78 is 20.1. The summed E-state index contributed by atoms with van der Waals surface area (Å²) in [6, 6.07) is 17.2. The van der Waals surface area contributed by atoms with Gasteiger partial charge in [-0.25, -0.2) is 4.39 Å². The van der Waals surface area contributed by atoms with E-state index < -0.39 is 0 Å². The number of carbonyl (C=O) groups excluding carboxylic acids is 1. The summed E-state index contributed by atoms with van der Waals surface area (Å²) in [5, 5.41) is 15.5. The van der Waals surface area contributed by atoms with Crippen molar-refractivity contribution in [3.8, 4) is 17.1 Å². The largest absolute Gasteiger partial charge is 0.360 e. The van der Waals surface area contributed by atoms with E-state index in [9.17, 15) is 9.18 Å². The summed E-state index contributed by atoms with van der Waals surface area (Å²) in [7, 11) is 0. The minimum Gasteiger partial charge on any atom is -0.360 e. The van der Waals surface area contributed by atoms with Crippen molar-refractivity contribution in [3.63, 3.8) is 0 Å². The second-order valence-corrected chi connectivity index (χ2v) is 7.09. The first kappa shape index (κ1) is 18.9. The zero-order valence-electron chi connectivity index (χ0n) is 15.4. The molecule has 2 aromatic carbocycles. The molecule has 1 N–H and O–H groups in total. The number of aryl methyl sites for hydroxylation is 1. The topological polar surface area (TPSA) is 85.8 Å². The Bertz CT molecular complexity index is 1130. The van der Waals surface area contributed by atoms with Gasteiger partial charge in [-0.05, 0) is 43.3 Å². The number of para-hydroxylation sites is 1. The molecular weight excluding hydrogens is 393 g/mol. The van der Waals surface area contributed by atoms with E-state index in [-0.39, 0.29) is 17.5 Å². The number of halogens is 1. The lowest BCUT2D eigenvalue weighted by Crippen LogP contribution is -2.14. The molecule has 0 spiro atoms. The summed E-state index contributed by atoms with van der Waals surface area (Å²) in [5.74, 6) is 1.08. The molecule has 0 aliphatic carbocycles. The summed E-state index contributed by atoms with van der Waals surface area (Å²) in [4.78, 5) is 12.2. The second kappa shape index (κ2) is 8.27. The van der Waals surface area contributed by atoms with Gasteiger partial charge in [-0.3, -0.25) is 9.36 Å². The van der Waals surface area contributed by atoms with Gasteiger partial charge in [-0.2, -0.15) is 0 Å². The van der Waals surface area contributed by atoms with Gasteiger partial charge < -0.3 is 9.84 Å². The minimum absolute atomic E-state index is 0.111. The lowest BCUT2D eigenvalue weighted by atomic mass is 10.2. The first-order valence-electron chi connectivity index (χ1n) is 8.73. The lowest BCUT2D eigenvalue weighted by molar-refractivity contribution is -0.113. The average Bonchev–Trinajstić information content (AvgIpc) is 3.33. The molecule has 9 heteroatoms. The van der Waals surface area contributed by atoms with Crippen LogP contribution in [-0.4, -0.2) is 31.6 Å². The van der Waals surface area contributed by atoms with Gasteiger partial charge in [0.2, 0.25) is 5.91 Å². The zero-order valence-corrected chi connectivity index (χ0v) is 16.2. The van der Waals surface area contributed by atoms with E-state index in [1.54, 1.807) is 25.1 Å². The molecule has 29 heavy (non-hydrogen) atoms. The summed E-state index contributed by atoms with van der Waals surface area (Å²) in [6.07, 6.45) is 0. The number of rotatable bonds is 6. The third kappa shape index (κ3) is 4.35. The first-order chi connectivity index (χ1) is 14.1. The van der Waals surface area contributed by atoms with E-state index in [4.69, 9.17) is 4.52 Å². The van der Waals surface area contributed by atoms with Crippen molar-refractivity contribution in [2.24, 2.45) is 0 Å². The van der Waals surface area contributed by atoms with E-state index in [1.807, 2.05) is 34.9 Å². The number of aromatic nitrogens is 4. The summed E-state index contributed by atoms with van der Waals surface area (Å²) >= 11 is 1.24. The van der Waals surface area contributed by atoms with Gasteiger partial charge in [0, 0.05) is 17.3 Å². The molecular formula is C20H16FN5O2S. The van der Waals surface area contributed by atoms with Crippen LogP contribution in [-0.2, 0) is 4.79 Å². The number of nitrogens with one attached hydrogen (secondary N) is 1. The highest BCUT2D eigenvalue weighted by molar-refractivity contribution is 7.99. The third-order valence-electron chi connectivity index (χ3n) is 3.98. The van der Waals surface area contributed by atoms with Crippen LogP contribution in [0.25, 0.3) is 17.1 Å². The molecule has 0 radical (unpaired) electrons. The van der Waals surface area contributed by atoms with Crippen LogP contribution in [0.5, 0.6) is 0 Å². The summed E-state index contributed by atoms with van der Waals surface area (Å²) in [6.45, 7) is 1.75. The van der Waals surface area contributed by atoms with Crippen LogP contribution in [0.3, 0.4) is 0 Å². The van der Waals surface area contributed by atoms with E-state index in [2.05, 4.69) is 20.7 Å². The van der Waals surface area contributed by atoms with Crippen molar-refractivity contribution < 1.29 is 13.7 Å². The quantitative estimate of drug-likeness (QED) is 0.483. The number of hydrogen-bond acceptors (Lipinski definition) is 6.